The minimum absolute atomic E-state index is 0.123. The summed E-state index contributed by atoms with van der Waals surface area (Å²) >= 11 is 0. The van der Waals surface area contributed by atoms with Gasteiger partial charge in [0.05, 0.1) is 16.0 Å². The van der Waals surface area contributed by atoms with Gasteiger partial charge in [-0.25, -0.2) is 17.2 Å². The predicted molar refractivity (Wildman–Crippen MR) is 82.7 cm³/mol. The minimum Gasteiger partial charge on any atom is -0.478 e. The molecular weight excluding hydrogens is 302 g/mol. The smallest absolute Gasteiger partial charge is 0.335 e. The average molecular weight is 315 g/mol. The molecule has 6 heteroatoms. The van der Waals surface area contributed by atoms with Crippen molar-refractivity contribution in [1.29, 1.82) is 0 Å². The van der Waals surface area contributed by atoms with Crippen LogP contribution in [0.15, 0.2) is 59.6 Å². The van der Waals surface area contributed by atoms with E-state index in [4.69, 9.17) is 5.11 Å². The lowest BCUT2D eigenvalue weighted by atomic mass is 10.1. The fourth-order valence-electron chi connectivity index (χ4n) is 2.28. The molecule has 22 heavy (non-hydrogen) atoms. The highest BCUT2D eigenvalue weighted by Gasteiger charge is 2.19. The van der Waals surface area contributed by atoms with Crippen LogP contribution in [0.3, 0.4) is 0 Å². The van der Waals surface area contributed by atoms with E-state index in [1.807, 2.05) is 6.92 Å². The third-order valence-electron chi connectivity index (χ3n) is 3.48. The first-order valence-corrected chi connectivity index (χ1v) is 8.00. The van der Waals surface area contributed by atoms with Gasteiger partial charge in [0.25, 0.3) is 10.0 Å². The van der Waals surface area contributed by atoms with Crippen molar-refractivity contribution < 1.29 is 18.3 Å². The van der Waals surface area contributed by atoms with E-state index in [-0.39, 0.29) is 10.5 Å². The maximum atomic E-state index is 12.7. The third kappa shape index (κ3) is 2.27. The lowest BCUT2D eigenvalue weighted by molar-refractivity contribution is 0.0697. The zero-order valence-corrected chi connectivity index (χ0v) is 12.5. The molecule has 0 bridgehead atoms. The molecule has 0 saturated heterocycles. The number of fused-ring (bicyclic) bond motifs is 1. The van der Waals surface area contributed by atoms with Crippen LogP contribution in [0.25, 0.3) is 10.9 Å². The van der Waals surface area contributed by atoms with Crippen molar-refractivity contribution in [3.63, 3.8) is 0 Å². The number of aromatic nitrogens is 1. The van der Waals surface area contributed by atoms with Crippen molar-refractivity contribution in [2.45, 2.75) is 11.8 Å². The van der Waals surface area contributed by atoms with E-state index >= 15 is 0 Å². The molecule has 5 nitrogen and oxygen atoms in total. The van der Waals surface area contributed by atoms with Crippen LogP contribution in [0.5, 0.6) is 0 Å². The van der Waals surface area contributed by atoms with Gasteiger partial charge in [0.2, 0.25) is 0 Å². The van der Waals surface area contributed by atoms with Crippen molar-refractivity contribution >= 4 is 26.9 Å². The molecule has 3 aromatic rings. The maximum absolute atomic E-state index is 12.7. The Kier molecular flexibility index (Phi) is 3.26. The van der Waals surface area contributed by atoms with E-state index in [9.17, 15) is 13.2 Å². The highest BCUT2D eigenvalue weighted by Crippen LogP contribution is 2.23. The molecule has 2 aromatic carbocycles. The van der Waals surface area contributed by atoms with Crippen molar-refractivity contribution in [1.82, 2.24) is 3.97 Å². The second-order valence-electron chi connectivity index (χ2n) is 5.01. The summed E-state index contributed by atoms with van der Waals surface area (Å²) in [6, 6.07) is 12.5. The molecule has 0 aliphatic heterocycles. The lowest BCUT2D eigenvalue weighted by Crippen LogP contribution is -2.11. The Hall–Kier alpha value is -2.60. The average Bonchev–Trinajstić information content (AvgIpc) is 2.91. The van der Waals surface area contributed by atoms with Gasteiger partial charge in [-0.05, 0) is 43.3 Å². The molecule has 0 spiro atoms. The molecule has 0 atom stereocenters. The first-order chi connectivity index (χ1) is 10.4. The van der Waals surface area contributed by atoms with Crippen LogP contribution >= 0.6 is 0 Å². The largest absolute Gasteiger partial charge is 0.478 e. The van der Waals surface area contributed by atoms with E-state index in [2.05, 4.69) is 0 Å². The molecule has 0 radical (unpaired) electrons. The molecule has 1 aromatic heterocycles. The predicted octanol–water partition coefficient (Wildman–Crippen LogP) is 2.88. The summed E-state index contributed by atoms with van der Waals surface area (Å²) in [6.07, 6.45) is 1.44. The molecule has 0 fully saturated rings. The highest BCUT2D eigenvalue weighted by molar-refractivity contribution is 7.90. The topological polar surface area (TPSA) is 76.4 Å². The van der Waals surface area contributed by atoms with E-state index in [0.717, 1.165) is 5.56 Å². The molecule has 0 saturated carbocycles. The summed E-state index contributed by atoms with van der Waals surface area (Å²) in [5, 5.41) is 9.56. The van der Waals surface area contributed by atoms with Gasteiger partial charge in [0.1, 0.15) is 0 Å². The third-order valence-corrected chi connectivity index (χ3v) is 5.18. The van der Waals surface area contributed by atoms with Crippen LogP contribution in [-0.4, -0.2) is 23.5 Å². The SMILES string of the molecule is Cc1ccc(S(=O)(=O)n2ccc3cc(C(=O)O)ccc32)cc1. The van der Waals surface area contributed by atoms with E-state index in [0.29, 0.717) is 10.9 Å². The van der Waals surface area contributed by atoms with Gasteiger partial charge in [-0.3, -0.25) is 0 Å². The second-order valence-corrected chi connectivity index (χ2v) is 6.82. The van der Waals surface area contributed by atoms with Crippen LogP contribution in [0.1, 0.15) is 15.9 Å². The maximum Gasteiger partial charge on any atom is 0.335 e. The summed E-state index contributed by atoms with van der Waals surface area (Å²) in [6.45, 7) is 1.88. The first-order valence-electron chi connectivity index (χ1n) is 6.56. The summed E-state index contributed by atoms with van der Waals surface area (Å²) < 4.78 is 26.5. The van der Waals surface area contributed by atoms with Crippen LogP contribution in [0, 0.1) is 6.92 Å². The fraction of sp³-hybridized carbons (Fsp3) is 0.0625. The zero-order chi connectivity index (χ0) is 15.9. The van der Waals surface area contributed by atoms with Gasteiger partial charge in [-0.2, -0.15) is 0 Å². The van der Waals surface area contributed by atoms with Crippen molar-refractivity contribution in [2.75, 3.05) is 0 Å². The van der Waals surface area contributed by atoms with Gasteiger partial charge in [-0.1, -0.05) is 17.7 Å². The molecular formula is C16H13NO4S. The Morgan fingerprint density at radius 1 is 1.05 bits per heavy atom. The van der Waals surface area contributed by atoms with E-state index in [1.54, 1.807) is 30.3 Å². The lowest BCUT2D eigenvalue weighted by Gasteiger charge is -2.08. The zero-order valence-electron chi connectivity index (χ0n) is 11.7. The minimum atomic E-state index is -3.70. The molecule has 0 aliphatic carbocycles. The van der Waals surface area contributed by atoms with Crippen LogP contribution < -0.4 is 0 Å². The first kappa shape index (κ1) is 14.3. The molecule has 1 N–H and O–H groups in total. The van der Waals surface area contributed by atoms with Crippen molar-refractivity contribution in [3.05, 3.63) is 65.9 Å². The number of carboxylic acids is 1. The van der Waals surface area contributed by atoms with Gasteiger partial charge in [0, 0.05) is 11.6 Å². The Labute approximate surface area is 127 Å². The standard InChI is InChI=1S/C16H13NO4S/c1-11-2-5-14(6-3-11)22(20,21)17-9-8-12-10-13(16(18)19)4-7-15(12)17/h2-10H,1H3,(H,18,19). The van der Waals surface area contributed by atoms with Crippen LogP contribution in [0.2, 0.25) is 0 Å². The molecule has 1 heterocycles. The summed E-state index contributed by atoms with van der Waals surface area (Å²) in [5.74, 6) is -1.05. The Morgan fingerprint density at radius 2 is 1.73 bits per heavy atom. The molecule has 3 rings (SSSR count). The van der Waals surface area contributed by atoms with Gasteiger partial charge < -0.3 is 5.11 Å². The number of carboxylic acid groups (broad SMARTS) is 1. The second kappa shape index (κ2) is 4.99. The number of carbonyl (C=O) groups is 1. The number of rotatable bonds is 3. The van der Waals surface area contributed by atoms with Gasteiger partial charge >= 0.3 is 5.97 Å². The number of benzene rings is 2. The number of nitrogens with zero attached hydrogens (tertiary/aromatic N) is 1. The van der Waals surface area contributed by atoms with Crippen molar-refractivity contribution in [2.24, 2.45) is 0 Å². The van der Waals surface area contributed by atoms with E-state index in [1.165, 1.54) is 28.4 Å². The molecule has 0 unspecified atom stereocenters. The Morgan fingerprint density at radius 3 is 2.36 bits per heavy atom. The number of aryl methyl sites for hydroxylation is 1. The molecule has 112 valence electrons. The normalized spacial score (nSPS) is 11.7. The summed E-state index contributed by atoms with van der Waals surface area (Å²) in [4.78, 5) is 11.2. The molecule has 0 aliphatic rings. The van der Waals surface area contributed by atoms with Gasteiger partial charge in [0.15, 0.2) is 0 Å². The van der Waals surface area contributed by atoms with Crippen LogP contribution in [0.4, 0.5) is 0 Å². The van der Waals surface area contributed by atoms with Crippen LogP contribution in [-0.2, 0) is 10.0 Å². The Bertz CT molecular complexity index is 969. The van der Waals surface area contributed by atoms with Crippen molar-refractivity contribution in [3.8, 4) is 0 Å². The Balaban J connectivity index is 2.17. The highest BCUT2D eigenvalue weighted by atomic mass is 32.2. The number of aromatic carboxylic acids is 1. The summed E-state index contributed by atoms with van der Waals surface area (Å²) in [5.41, 5.74) is 1.55. The molecule has 0 amide bonds. The fourth-order valence-corrected chi connectivity index (χ4v) is 3.64. The monoisotopic (exact) mass is 315 g/mol. The van der Waals surface area contributed by atoms with E-state index < -0.39 is 16.0 Å². The quantitative estimate of drug-likeness (QED) is 0.806. The number of hydrogen-bond acceptors (Lipinski definition) is 3. The van der Waals surface area contributed by atoms with Gasteiger partial charge in [-0.15, -0.1) is 0 Å². The summed E-state index contributed by atoms with van der Waals surface area (Å²) in [7, 11) is -3.70. The number of hydrogen-bond donors (Lipinski definition) is 1.